The summed E-state index contributed by atoms with van der Waals surface area (Å²) in [5.41, 5.74) is 50.5. The third-order valence-corrected chi connectivity index (χ3v) is 31.8. The molecule has 4 aliphatic rings. The number of nitrogens with zero attached hydrogens (tertiary/aromatic N) is 4. The number of hydrogen-bond acceptors (Lipinski definition) is 2. The van der Waals surface area contributed by atoms with Crippen molar-refractivity contribution in [3.05, 3.63) is 615 Å². The van der Waals surface area contributed by atoms with Crippen LogP contribution in [0.4, 0.5) is 34.1 Å². The van der Waals surface area contributed by atoms with Crippen molar-refractivity contribution in [2.24, 2.45) is 0 Å². The van der Waals surface area contributed by atoms with Gasteiger partial charge in [0.15, 0.2) is 0 Å². The summed E-state index contributed by atoms with van der Waals surface area (Å²) in [5, 5.41) is 7.39. The fourth-order valence-corrected chi connectivity index (χ4v) is 25.2. The standard InChI is InChI=1S/C73H48N2.C71H46N2/c1-3-17-49(18-4-1)51-33-38-57(39-34-51)74(60-42-43-64-63-27-9-13-31-69(63)73(70(64)48-60)67-29-11-7-25-61(67)62-26-8-12-30-68(62)73)59-24-16-23-55(46-59)53-21-15-22-54(45-53)56-37-44-72-66(47-56)65-28-10-14-32-71(65)75(72)58-40-35-52(36-41-58)50-19-5-2-6-20-50;1-2-16-47(17-3-1)49-32-36-55(37-33-49)73-69-31-13-9-27-63(69)64-45-54(35-41-70(64)73)51-21-14-20-50(42-51)53-22-15-23-56(44-53)72(57-38-34-48-18-4-5-19-52(48)43-57)58-39-40-62-61-26-8-12-30-67(61)71(68(62)46-58)65-28-10-6-24-59(65)60-25-7-11-29-66(60)71/h1-48H;1-46H. The van der Waals surface area contributed by atoms with Gasteiger partial charge in [0.25, 0.3) is 0 Å². The maximum atomic E-state index is 2.49. The number of benzene rings is 24. The first-order valence-electron chi connectivity index (χ1n) is 51.3. The van der Waals surface area contributed by atoms with Crippen LogP contribution in [-0.4, -0.2) is 9.13 Å². The minimum Gasteiger partial charge on any atom is -0.310 e. The minimum absolute atomic E-state index is 0.446. The lowest BCUT2D eigenvalue weighted by Crippen LogP contribution is -2.26. The largest absolute Gasteiger partial charge is 0.310 e. The SMILES string of the molecule is c1ccc(-c2ccc(-n3c4ccccc4c4cc(-c5cccc(-c6cccc(N(c7ccc8c(c7)C7(c9ccccc9-c9ccccc97)c7ccccc7-8)c7ccc8ccccc8c7)c6)c5)ccc43)cc2)cc1.c1ccc(-c2ccc(N(c3cccc(-c4cccc(-c5ccc6c(c5)c5ccccc5n6-c5ccc(-c6ccccc6)cc5)c4)c3)c3ccc4c(c3)C3(c5ccccc5-c5ccccc53)c3ccccc3-4)cc2)cc1. The molecule has 30 rings (SSSR count). The quantitative estimate of drug-likeness (QED) is 0.102. The van der Waals surface area contributed by atoms with Crippen molar-refractivity contribution in [3.63, 3.8) is 0 Å². The second-order valence-electron chi connectivity index (χ2n) is 39.6. The summed E-state index contributed by atoms with van der Waals surface area (Å²) in [7, 11) is 0. The van der Waals surface area contributed by atoms with Crippen LogP contribution in [0.1, 0.15) is 44.5 Å². The van der Waals surface area contributed by atoms with E-state index < -0.39 is 10.8 Å². The molecule has 4 nitrogen and oxygen atoms in total. The van der Waals surface area contributed by atoms with E-state index in [0.29, 0.717) is 0 Å². The van der Waals surface area contributed by atoms with Crippen molar-refractivity contribution >= 4 is 88.5 Å². The Bertz CT molecular complexity index is 9660. The molecule has 24 aromatic carbocycles. The summed E-state index contributed by atoms with van der Waals surface area (Å²) >= 11 is 0. The van der Waals surface area contributed by atoms with Gasteiger partial charge in [0.05, 0.1) is 32.9 Å². The van der Waals surface area contributed by atoms with Crippen LogP contribution >= 0.6 is 0 Å². The predicted octanol–water partition coefficient (Wildman–Crippen LogP) is 38.0. The monoisotopic (exact) mass is 1880 g/mol. The zero-order chi connectivity index (χ0) is 97.5. The Balaban J connectivity index is 0.000000140. The van der Waals surface area contributed by atoms with Gasteiger partial charge in [0, 0.05) is 67.0 Å². The maximum absolute atomic E-state index is 2.49. The van der Waals surface area contributed by atoms with Gasteiger partial charge >= 0.3 is 0 Å². The van der Waals surface area contributed by atoms with Crippen molar-refractivity contribution in [1.29, 1.82) is 0 Å². The topological polar surface area (TPSA) is 16.3 Å². The van der Waals surface area contributed by atoms with Crippen molar-refractivity contribution < 1.29 is 0 Å². The van der Waals surface area contributed by atoms with Crippen molar-refractivity contribution in [3.8, 4) is 134 Å². The van der Waals surface area contributed by atoms with Crippen LogP contribution in [0.2, 0.25) is 0 Å². The lowest BCUT2D eigenvalue weighted by molar-refractivity contribution is 0.793. The summed E-state index contributed by atoms with van der Waals surface area (Å²) < 4.78 is 4.80. The fraction of sp³-hybridized carbons (Fsp3) is 0.0139. The minimum atomic E-state index is -0.452. The maximum Gasteiger partial charge on any atom is 0.0726 e. The number of anilines is 6. The first-order valence-corrected chi connectivity index (χ1v) is 51.3. The summed E-state index contributed by atoms with van der Waals surface area (Å²) in [4.78, 5) is 4.91. The van der Waals surface area contributed by atoms with E-state index in [1.54, 1.807) is 0 Å². The zero-order valence-corrected chi connectivity index (χ0v) is 81.1. The van der Waals surface area contributed by atoms with Crippen LogP contribution in [0.25, 0.3) is 188 Å². The highest BCUT2D eigenvalue weighted by atomic mass is 15.1. The molecule has 690 valence electrons. The molecular formula is C144H94N4. The van der Waals surface area contributed by atoms with Crippen molar-refractivity contribution in [2.75, 3.05) is 9.80 Å². The molecule has 0 N–H and O–H groups in total. The third-order valence-electron chi connectivity index (χ3n) is 31.8. The fourth-order valence-electron chi connectivity index (χ4n) is 25.2. The number of para-hydroxylation sites is 2. The second-order valence-corrected chi connectivity index (χ2v) is 39.6. The molecule has 0 unspecified atom stereocenters. The molecule has 0 aliphatic heterocycles. The van der Waals surface area contributed by atoms with Crippen LogP contribution in [0.3, 0.4) is 0 Å². The van der Waals surface area contributed by atoms with Crippen LogP contribution in [0, 0.1) is 0 Å². The number of rotatable bonds is 15. The Hall–Kier alpha value is -19.3. The van der Waals surface area contributed by atoms with E-state index in [9.17, 15) is 0 Å². The van der Waals surface area contributed by atoms with E-state index in [1.165, 1.54) is 205 Å². The summed E-state index contributed by atoms with van der Waals surface area (Å²) in [6.45, 7) is 0. The highest BCUT2D eigenvalue weighted by Crippen LogP contribution is 2.66. The molecule has 0 saturated heterocycles. The molecule has 0 saturated carbocycles. The molecule has 2 aromatic heterocycles. The molecule has 2 heterocycles. The summed E-state index contributed by atoms with van der Waals surface area (Å²) in [6.07, 6.45) is 0. The Morgan fingerprint density at radius 3 is 0.764 bits per heavy atom. The van der Waals surface area contributed by atoms with E-state index in [-0.39, 0.29) is 0 Å². The van der Waals surface area contributed by atoms with Gasteiger partial charge in [-0.2, -0.15) is 0 Å². The van der Waals surface area contributed by atoms with Gasteiger partial charge in [0.1, 0.15) is 0 Å². The van der Waals surface area contributed by atoms with Gasteiger partial charge in [-0.3, -0.25) is 0 Å². The average Bonchev–Trinajstić information content (AvgIpc) is 1.51. The molecule has 0 amide bonds. The van der Waals surface area contributed by atoms with Gasteiger partial charge in [-0.15, -0.1) is 0 Å². The lowest BCUT2D eigenvalue weighted by Gasteiger charge is -2.32. The molecule has 0 fully saturated rings. The third kappa shape index (κ3) is 13.7. The molecule has 0 bridgehead atoms. The van der Waals surface area contributed by atoms with Gasteiger partial charge in [-0.1, -0.05) is 425 Å². The van der Waals surface area contributed by atoms with Gasteiger partial charge in [0.2, 0.25) is 0 Å². The van der Waals surface area contributed by atoms with Crippen molar-refractivity contribution in [1.82, 2.24) is 9.13 Å². The molecule has 26 aromatic rings. The first kappa shape index (κ1) is 85.5. The van der Waals surface area contributed by atoms with Crippen molar-refractivity contribution in [2.45, 2.75) is 10.8 Å². The highest BCUT2D eigenvalue weighted by Gasteiger charge is 2.54. The zero-order valence-electron chi connectivity index (χ0n) is 81.1. The van der Waals surface area contributed by atoms with Crippen LogP contribution in [-0.2, 0) is 10.8 Å². The molecule has 0 radical (unpaired) electrons. The molecule has 4 heteroatoms. The first-order chi connectivity index (χ1) is 73.4. The van der Waals surface area contributed by atoms with Gasteiger partial charge in [-0.25, -0.2) is 0 Å². The van der Waals surface area contributed by atoms with Crippen LogP contribution in [0.15, 0.2) is 570 Å². The summed E-state index contributed by atoms with van der Waals surface area (Å²) in [5.74, 6) is 0. The molecular weight excluding hydrogens is 1790 g/mol. The molecule has 2 spiro atoms. The van der Waals surface area contributed by atoms with Gasteiger partial charge < -0.3 is 18.9 Å². The van der Waals surface area contributed by atoms with E-state index in [1.807, 2.05) is 0 Å². The molecule has 4 aliphatic carbocycles. The van der Waals surface area contributed by atoms with Crippen LogP contribution < -0.4 is 9.80 Å². The van der Waals surface area contributed by atoms with E-state index in [0.717, 1.165) is 62.2 Å². The Kier molecular flexibility index (Phi) is 20.1. The lowest BCUT2D eigenvalue weighted by atomic mass is 9.70. The Morgan fingerprint density at radius 1 is 0.128 bits per heavy atom. The van der Waals surface area contributed by atoms with E-state index >= 15 is 0 Å². The van der Waals surface area contributed by atoms with Crippen LogP contribution in [0.5, 0.6) is 0 Å². The second kappa shape index (κ2) is 34.8. The average molecular weight is 1880 g/mol. The van der Waals surface area contributed by atoms with Gasteiger partial charge in [-0.05, 0) is 323 Å². The molecule has 0 atom stereocenters. The highest BCUT2D eigenvalue weighted by molar-refractivity contribution is 6.13. The Morgan fingerprint density at radius 2 is 0.378 bits per heavy atom. The Labute approximate surface area is 860 Å². The number of hydrogen-bond donors (Lipinski definition) is 0. The molecule has 148 heavy (non-hydrogen) atoms. The normalized spacial score (nSPS) is 12.7. The van der Waals surface area contributed by atoms with E-state index in [4.69, 9.17) is 0 Å². The number of aromatic nitrogens is 2. The van der Waals surface area contributed by atoms with E-state index in [2.05, 4.69) is 589 Å². The smallest absolute Gasteiger partial charge is 0.0726 e. The predicted molar refractivity (Wildman–Crippen MR) is 619 cm³/mol. The summed E-state index contributed by atoms with van der Waals surface area (Å²) in [6, 6.07) is 211. The number of fused-ring (bicyclic) bond motifs is 27.